The van der Waals surface area contributed by atoms with Gasteiger partial charge >= 0.3 is 0 Å². The molecule has 1 atom stereocenters. The van der Waals surface area contributed by atoms with Crippen molar-refractivity contribution < 1.29 is 9.90 Å². The molecule has 1 aromatic heterocycles. The van der Waals surface area contributed by atoms with Gasteiger partial charge in [0.1, 0.15) is 5.37 Å². The largest absolute Gasteiger partial charge is 0.395 e. The van der Waals surface area contributed by atoms with Crippen molar-refractivity contribution in [3.63, 3.8) is 0 Å². The third-order valence-corrected chi connectivity index (χ3v) is 4.09. The van der Waals surface area contributed by atoms with Crippen molar-refractivity contribution in [3.8, 4) is 0 Å². The number of β-amino-alcohol motifs (C(OH)–C–C–N with tert-alkyl or cyclic N) is 1. The van der Waals surface area contributed by atoms with E-state index in [-0.39, 0.29) is 17.9 Å². The molecule has 3 nitrogen and oxygen atoms in total. The fourth-order valence-corrected chi connectivity index (χ4v) is 3.47. The van der Waals surface area contributed by atoms with Crippen LogP contribution in [0.15, 0.2) is 16.8 Å². The Morgan fingerprint density at radius 2 is 2.50 bits per heavy atom. The van der Waals surface area contributed by atoms with Crippen LogP contribution in [0.5, 0.6) is 0 Å². The van der Waals surface area contributed by atoms with E-state index >= 15 is 0 Å². The lowest BCUT2D eigenvalue weighted by Gasteiger charge is -2.22. The summed E-state index contributed by atoms with van der Waals surface area (Å²) in [6.45, 7) is 0.472. The van der Waals surface area contributed by atoms with E-state index in [0.717, 1.165) is 0 Å². The van der Waals surface area contributed by atoms with E-state index in [1.807, 2.05) is 11.4 Å². The molecule has 0 spiro atoms. The summed E-state index contributed by atoms with van der Waals surface area (Å²) in [5.74, 6) is 0.654. The minimum atomic E-state index is 0.0347. The highest BCUT2D eigenvalue weighted by molar-refractivity contribution is 8.00. The maximum absolute atomic E-state index is 11.5. The first-order chi connectivity index (χ1) is 6.83. The summed E-state index contributed by atoms with van der Waals surface area (Å²) < 4.78 is 0. The van der Waals surface area contributed by atoms with Crippen LogP contribution in [0.3, 0.4) is 0 Å². The second-order valence-electron chi connectivity index (χ2n) is 3.03. The van der Waals surface area contributed by atoms with Gasteiger partial charge in [0.05, 0.1) is 12.4 Å². The number of nitrogens with zero attached hydrogens (tertiary/aromatic N) is 1. The Hall–Kier alpha value is -0.520. The zero-order chi connectivity index (χ0) is 9.97. The van der Waals surface area contributed by atoms with Crippen LogP contribution < -0.4 is 0 Å². The average molecular weight is 229 g/mol. The van der Waals surface area contributed by atoms with Gasteiger partial charge in [0.15, 0.2) is 0 Å². The molecule has 5 heteroatoms. The molecule has 0 aliphatic carbocycles. The van der Waals surface area contributed by atoms with Crippen LogP contribution in [0, 0.1) is 0 Å². The highest BCUT2D eigenvalue weighted by Gasteiger charge is 2.32. The van der Waals surface area contributed by atoms with Crippen LogP contribution in [0.1, 0.15) is 10.9 Å². The summed E-state index contributed by atoms with van der Waals surface area (Å²) in [7, 11) is 0. The molecular formula is C9H11NO2S2. The number of rotatable bonds is 3. The van der Waals surface area contributed by atoms with Crippen molar-refractivity contribution in [1.29, 1.82) is 0 Å². The number of thiophene rings is 1. The van der Waals surface area contributed by atoms with Gasteiger partial charge < -0.3 is 10.0 Å². The van der Waals surface area contributed by atoms with Crippen LogP contribution in [-0.2, 0) is 4.79 Å². The molecule has 1 saturated heterocycles. The zero-order valence-electron chi connectivity index (χ0n) is 7.55. The van der Waals surface area contributed by atoms with Crippen LogP contribution in [0.2, 0.25) is 0 Å². The highest BCUT2D eigenvalue weighted by atomic mass is 32.2. The maximum atomic E-state index is 11.5. The van der Waals surface area contributed by atoms with E-state index in [1.165, 1.54) is 5.56 Å². The first-order valence-electron chi connectivity index (χ1n) is 4.37. The fraction of sp³-hybridized carbons (Fsp3) is 0.444. The van der Waals surface area contributed by atoms with Crippen molar-refractivity contribution in [1.82, 2.24) is 4.90 Å². The van der Waals surface area contributed by atoms with Gasteiger partial charge in [0, 0.05) is 6.54 Å². The fourth-order valence-electron chi connectivity index (χ4n) is 1.50. The summed E-state index contributed by atoms with van der Waals surface area (Å²) >= 11 is 3.26. The minimum Gasteiger partial charge on any atom is -0.395 e. The molecule has 0 aromatic carbocycles. The van der Waals surface area contributed by atoms with E-state index in [9.17, 15) is 4.79 Å². The number of aliphatic hydroxyl groups excluding tert-OH is 1. The van der Waals surface area contributed by atoms with Gasteiger partial charge in [0.25, 0.3) is 0 Å². The summed E-state index contributed by atoms with van der Waals surface area (Å²) in [6, 6.07) is 2.03. The number of thioether (sulfide) groups is 1. The van der Waals surface area contributed by atoms with E-state index in [0.29, 0.717) is 12.3 Å². The van der Waals surface area contributed by atoms with Gasteiger partial charge in [-0.1, -0.05) is 0 Å². The van der Waals surface area contributed by atoms with E-state index in [1.54, 1.807) is 28.0 Å². The van der Waals surface area contributed by atoms with E-state index < -0.39 is 0 Å². The normalized spacial score (nSPS) is 21.9. The van der Waals surface area contributed by atoms with Gasteiger partial charge in [0.2, 0.25) is 5.91 Å². The topological polar surface area (TPSA) is 40.5 Å². The van der Waals surface area contributed by atoms with Gasteiger partial charge in [-0.25, -0.2) is 0 Å². The van der Waals surface area contributed by atoms with E-state index in [4.69, 9.17) is 5.11 Å². The molecule has 1 amide bonds. The lowest BCUT2D eigenvalue weighted by molar-refractivity contribution is -0.128. The third-order valence-electron chi connectivity index (χ3n) is 2.14. The Morgan fingerprint density at radius 3 is 3.14 bits per heavy atom. The van der Waals surface area contributed by atoms with Gasteiger partial charge in [-0.05, 0) is 22.4 Å². The quantitative estimate of drug-likeness (QED) is 0.849. The SMILES string of the molecule is O=C1CSC(c2ccsc2)N1CCO. The molecule has 1 unspecified atom stereocenters. The van der Waals surface area contributed by atoms with Crippen LogP contribution in [0.4, 0.5) is 0 Å². The molecule has 1 aliphatic heterocycles. The van der Waals surface area contributed by atoms with Crippen molar-refractivity contribution >= 4 is 29.0 Å². The highest BCUT2D eigenvalue weighted by Crippen LogP contribution is 2.38. The second-order valence-corrected chi connectivity index (χ2v) is 4.88. The molecule has 1 N–H and O–H groups in total. The third kappa shape index (κ3) is 1.80. The number of hydrogen-bond donors (Lipinski definition) is 1. The predicted molar refractivity (Wildman–Crippen MR) is 58.3 cm³/mol. The lowest BCUT2D eigenvalue weighted by atomic mass is 10.3. The molecule has 0 saturated carbocycles. The first-order valence-corrected chi connectivity index (χ1v) is 6.36. The summed E-state index contributed by atoms with van der Waals surface area (Å²) in [6.07, 6.45) is 0. The second kappa shape index (κ2) is 4.33. The Bertz CT molecular complexity index is 313. The number of carbonyl (C=O) groups excluding carboxylic acids is 1. The molecule has 1 fully saturated rings. The Balaban J connectivity index is 2.15. The van der Waals surface area contributed by atoms with Crippen molar-refractivity contribution in [2.24, 2.45) is 0 Å². The standard InChI is InChI=1S/C9H11NO2S2/c11-3-2-10-8(12)6-14-9(10)7-1-4-13-5-7/h1,4-5,9,11H,2-3,6H2. The van der Waals surface area contributed by atoms with Crippen LogP contribution in [-0.4, -0.2) is 34.8 Å². The number of amides is 1. The molecule has 0 bridgehead atoms. The molecule has 76 valence electrons. The Labute approximate surface area is 90.7 Å². The summed E-state index contributed by atoms with van der Waals surface area (Å²) in [4.78, 5) is 13.2. The van der Waals surface area contributed by atoms with Gasteiger partial charge in [-0.3, -0.25) is 4.79 Å². The minimum absolute atomic E-state index is 0.0347. The van der Waals surface area contributed by atoms with Crippen molar-refractivity contribution in [2.75, 3.05) is 18.9 Å². The molecule has 1 aliphatic rings. The average Bonchev–Trinajstić information content (AvgIpc) is 2.77. The van der Waals surface area contributed by atoms with Crippen LogP contribution in [0.25, 0.3) is 0 Å². The Kier molecular flexibility index (Phi) is 3.10. The molecule has 2 rings (SSSR count). The molecule has 2 heterocycles. The van der Waals surface area contributed by atoms with Crippen molar-refractivity contribution in [2.45, 2.75) is 5.37 Å². The zero-order valence-corrected chi connectivity index (χ0v) is 9.18. The molecular weight excluding hydrogens is 218 g/mol. The monoisotopic (exact) mass is 229 g/mol. The van der Waals surface area contributed by atoms with E-state index in [2.05, 4.69) is 5.38 Å². The van der Waals surface area contributed by atoms with Crippen molar-refractivity contribution in [3.05, 3.63) is 22.4 Å². The first kappa shape index (κ1) is 10.0. The Morgan fingerprint density at radius 1 is 1.64 bits per heavy atom. The molecule has 1 aromatic rings. The maximum Gasteiger partial charge on any atom is 0.233 e. The number of aliphatic hydroxyl groups is 1. The summed E-state index contributed by atoms with van der Waals surface area (Å²) in [5.41, 5.74) is 1.17. The van der Waals surface area contributed by atoms with Gasteiger partial charge in [-0.2, -0.15) is 11.3 Å². The summed E-state index contributed by atoms with van der Waals surface area (Å²) in [5, 5.41) is 13.0. The molecule has 14 heavy (non-hydrogen) atoms. The predicted octanol–water partition coefficient (Wildman–Crippen LogP) is 1.31. The smallest absolute Gasteiger partial charge is 0.233 e. The molecule has 0 radical (unpaired) electrons. The number of carbonyl (C=O) groups is 1. The van der Waals surface area contributed by atoms with Crippen LogP contribution >= 0.6 is 23.1 Å². The number of hydrogen-bond acceptors (Lipinski definition) is 4. The van der Waals surface area contributed by atoms with Gasteiger partial charge in [-0.15, -0.1) is 11.8 Å². The lowest BCUT2D eigenvalue weighted by Crippen LogP contribution is -2.30.